The molecule has 2 atom stereocenters. The fourth-order valence-corrected chi connectivity index (χ4v) is 5.68. The molecule has 5 rings (SSSR count). The van der Waals surface area contributed by atoms with Crippen molar-refractivity contribution in [3.05, 3.63) is 83.4 Å². The highest BCUT2D eigenvalue weighted by atomic mass is 16.5. The van der Waals surface area contributed by atoms with Crippen molar-refractivity contribution in [1.82, 2.24) is 26.2 Å². The Kier molecular flexibility index (Phi) is 14.4. The van der Waals surface area contributed by atoms with Gasteiger partial charge < -0.3 is 40.4 Å². The molecular formula is C39H49N5O8. The molecule has 5 amide bonds. The number of hydrogen-bond acceptors (Lipinski definition) is 8. The Bertz CT molecular complexity index is 1710. The zero-order chi connectivity index (χ0) is 37.6. The van der Waals surface area contributed by atoms with Crippen LogP contribution in [0.2, 0.25) is 0 Å². The van der Waals surface area contributed by atoms with Crippen LogP contribution >= 0.6 is 0 Å². The number of rotatable bonds is 6. The van der Waals surface area contributed by atoms with Gasteiger partial charge >= 0.3 is 0 Å². The van der Waals surface area contributed by atoms with Crippen LogP contribution in [0.4, 0.5) is 0 Å². The highest BCUT2D eigenvalue weighted by molar-refractivity contribution is 5.95. The summed E-state index contributed by atoms with van der Waals surface area (Å²) in [5, 5.41) is 11.3. The SMILES string of the molecule is COc1cc2ccc1CNC(=O)[C@H](C)NC(=O)[C@H](CCc1ccccc1)NC(=O)CN(C(=O)C(C)C)CCCCNC(=O)c1ccc(OC)c(c1)O2. The fraction of sp³-hybridized carbons (Fsp3) is 0.410. The molecule has 0 radical (unpaired) electrons. The summed E-state index contributed by atoms with van der Waals surface area (Å²) in [5.74, 6) is -0.739. The minimum absolute atomic E-state index is 0.0926. The molecule has 2 heterocycles. The number of amides is 5. The smallest absolute Gasteiger partial charge is 0.251 e. The Morgan fingerprint density at radius 2 is 1.63 bits per heavy atom. The summed E-state index contributed by atoms with van der Waals surface area (Å²) in [6, 6.07) is 17.6. The van der Waals surface area contributed by atoms with E-state index in [9.17, 15) is 24.0 Å². The van der Waals surface area contributed by atoms with E-state index in [0.717, 1.165) is 5.56 Å². The van der Waals surface area contributed by atoms with Gasteiger partial charge in [-0.3, -0.25) is 24.0 Å². The summed E-state index contributed by atoms with van der Waals surface area (Å²) in [4.78, 5) is 67.8. The van der Waals surface area contributed by atoms with Crippen LogP contribution < -0.4 is 35.5 Å². The molecule has 52 heavy (non-hydrogen) atoms. The van der Waals surface area contributed by atoms with Gasteiger partial charge in [0.05, 0.1) is 20.8 Å². The molecule has 0 aliphatic carbocycles. The van der Waals surface area contributed by atoms with Gasteiger partial charge in [-0.2, -0.15) is 0 Å². The Balaban J connectivity index is 1.59. The van der Waals surface area contributed by atoms with Crippen LogP contribution in [-0.2, 0) is 32.1 Å². The summed E-state index contributed by atoms with van der Waals surface area (Å²) in [6.07, 6.45) is 1.83. The number of aryl methyl sites for hydroxylation is 1. The zero-order valence-corrected chi connectivity index (χ0v) is 30.5. The average Bonchev–Trinajstić information content (AvgIpc) is 3.14. The molecule has 0 saturated heterocycles. The average molecular weight is 716 g/mol. The third kappa shape index (κ3) is 11.2. The van der Waals surface area contributed by atoms with Crippen molar-refractivity contribution in [2.45, 2.75) is 65.1 Å². The molecule has 0 fully saturated rings. The second-order valence-corrected chi connectivity index (χ2v) is 12.9. The minimum Gasteiger partial charge on any atom is -0.496 e. The van der Waals surface area contributed by atoms with E-state index in [4.69, 9.17) is 14.2 Å². The topological polar surface area (TPSA) is 164 Å². The Labute approximate surface area is 304 Å². The van der Waals surface area contributed by atoms with Gasteiger partial charge in [-0.05, 0) is 68.5 Å². The summed E-state index contributed by atoms with van der Waals surface area (Å²) in [5.41, 5.74) is 2.00. The first-order valence-corrected chi connectivity index (χ1v) is 17.5. The van der Waals surface area contributed by atoms with Crippen LogP contribution in [-0.4, -0.2) is 80.4 Å². The minimum atomic E-state index is -0.965. The van der Waals surface area contributed by atoms with Crippen LogP contribution in [0.15, 0.2) is 66.7 Å². The van der Waals surface area contributed by atoms with E-state index in [-0.39, 0.29) is 43.8 Å². The lowest BCUT2D eigenvalue weighted by Crippen LogP contribution is -2.54. The quantitative estimate of drug-likeness (QED) is 0.281. The van der Waals surface area contributed by atoms with Crippen LogP contribution in [0.3, 0.4) is 0 Å². The highest BCUT2D eigenvalue weighted by Crippen LogP contribution is 2.35. The van der Waals surface area contributed by atoms with E-state index in [0.29, 0.717) is 59.9 Å². The maximum atomic E-state index is 13.6. The number of benzene rings is 3. The Morgan fingerprint density at radius 3 is 2.35 bits per heavy atom. The van der Waals surface area contributed by atoms with Crippen LogP contribution in [0.1, 0.15) is 61.5 Å². The van der Waals surface area contributed by atoms with Gasteiger partial charge in [0, 0.05) is 42.7 Å². The van der Waals surface area contributed by atoms with E-state index in [1.807, 2.05) is 30.3 Å². The number of nitrogens with one attached hydrogen (secondary N) is 4. The normalized spacial score (nSPS) is 18.2. The first kappa shape index (κ1) is 39.2. The van der Waals surface area contributed by atoms with Gasteiger partial charge in [0.25, 0.3) is 5.91 Å². The third-order valence-corrected chi connectivity index (χ3v) is 8.61. The molecule has 0 aromatic heterocycles. The van der Waals surface area contributed by atoms with E-state index in [1.165, 1.54) is 19.1 Å². The van der Waals surface area contributed by atoms with Gasteiger partial charge in [-0.15, -0.1) is 0 Å². The molecule has 4 bridgehead atoms. The molecule has 3 aromatic carbocycles. The number of carbonyl (C=O) groups excluding carboxylic acids is 5. The summed E-state index contributed by atoms with van der Waals surface area (Å²) in [7, 11) is 3.00. The number of methoxy groups -OCH3 is 2. The monoisotopic (exact) mass is 715 g/mol. The predicted molar refractivity (Wildman–Crippen MR) is 195 cm³/mol. The molecule has 0 unspecified atom stereocenters. The molecule has 2 aliphatic heterocycles. The third-order valence-electron chi connectivity index (χ3n) is 8.61. The predicted octanol–water partition coefficient (Wildman–Crippen LogP) is 3.74. The Hall–Kier alpha value is -5.59. The number of carbonyl (C=O) groups is 5. The lowest BCUT2D eigenvalue weighted by atomic mass is 10.0. The van der Waals surface area contributed by atoms with Gasteiger partial charge in [0.1, 0.15) is 23.6 Å². The van der Waals surface area contributed by atoms with Gasteiger partial charge in [0.15, 0.2) is 11.5 Å². The second kappa shape index (κ2) is 19.1. The van der Waals surface area contributed by atoms with Crippen LogP contribution in [0.25, 0.3) is 0 Å². The van der Waals surface area contributed by atoms with Crippen LogP contribution in [0, 0.1) is 5.92 Å². The largest absolute Gasteiger partial charge is 0.496 e. The molecule has 3 aromatic rings. The molecular weight excluding hydrogens is 666 g/mol. The lowest BCUT2D eigenvalue weighted by molar-refractivity contribution is -0.139. The van der Waals surface area contributed by atoms with Gasteiger partial charge in [-0.25, -0.2) is 0 Å². The van der Waals surface area contributed by atoms with Crippen molar-refractivity contribution in [2.75, 3.05) is 33.9 Å². The molecule has 13 heteroatoms. The van der Waals surface area contributed by atoms with E-state index >= 15 is 0 Å². The Morgan fingerprint density at radius 1 is 0.885 bits per heavy atom. The highest BCUT2D eigenvalue weighted by Gasteiger charge is 2.27. The standard InChI is InChI=1S/C39H49N5O8/c1-25(2)39(49)44-20-10-9-19-40-37(47)28-15-18-32(50-4)34(21-28)52-30-16-14-29(33(22-30)51-5)23-41-36(46)26(3)42-38(48)31(43-35(45)24-44)17-13-27-11-7-6-8-12-27/h6-8,11-12,14-16,18,21-22,25-26,31H,9-10,13,17,19-20,23-24H2,1-5H3,(H,40,47)(H,41,46)(H,42,48)(H,43,45)/t26-,31-/m0/s1. The maximum Gasteiger partial charge on any atom is 0.251 e. The molecule has 0 saturated carbocycles. The number of ether oxygens (including phenoxy) is 3. The molecule has 278 valence electrons. The zero-order valence-electron chi connectivity index (χ0n) is 30.5. The van der Waals surface area contributed by atoms with Gasteiger partial charge in [-0.1, -0.05) is 44.2 Å². The van der Waals surface area contributed by atoms with E-state index < -0.39 is 29.8 Å². The molecule has 0 spiro atoms. The van der Waals surface area contributed by atoms with Gasteiger partial charge in [0.2, 0.25) is 23.6 Å². The first-order valence-electron chi connectivity index (χ1n) is 17.5. The second-order valence-electron chi connectivity index (χ2n) is 12.9. The summed E-state index contributed by atoms with van der Waals surface area (Å²) >= 11 is 0. The number of fused-ring (bicyclic) bond motifs is 18. The number of nitrogens with zero attached hydrogens (tertiary/aromatic N) is 1. The lowest BCUT2D eigenvalue weighted by Gasteiger charge is -2.26. The van der Waals surface area contributed by atoms with Crippen molar-refractivity contribution in [2.24, 2.45) is 5.92 Å². The molecule has 4 N–H and O–H groups in total. The maximum absolute atomic E-state index is 13.6. The van der Waals surface area contributed by atoms with Crippen molar-refractivity contribution < 1.29 is 38.2 Å². The van der Waals surface area contributed by atoms with Crippen molar-refractivity contribution in [3.8, 4) is 23.0 Å². The number of hydrogen-bond donors (Lipinski definition) is 4. The summed E-state index contributed by atoms with van der Waals surface area (Å²) < 4.78 is 17.2. The van der Waals surface area contributed by atoms with E-state index in [2.05, 4.69) is 21.3 Å². The first-order chi connectivity index (χ1) is 25.0. The fourth-order valence-electron chi connectivity index (χ4n) is 5.68. The van der Waals surface area contributed by atoms with Crippen molar-refractivity contribution in [3.63, 3.8) is 0 Å². The van der Waals surface area contributed by atoms with Crippen molar-refractivity contribution in [1.29, 1.82) is 0 Å². The van der Waals surface area contributed by atoms with E-state index in [1.54, 1.807) is 57.2 Å². The van der Waals surface area contributed by atoms with Crippen LogP contribution in [0.5, 0.6) is 23.0 Å². The summed E-state index contributed by atoms with van der Waals surface area (Å²) in [6.45, 7) is 5.54. The van der Waals surface area contributed by atoms with Crippen molar-refractivity contribution >= 4 is 29.5 Å². The molecule has 13 nitrogen and oxygen atoms in total. The molecule has 2 aliphatic rings.